The monoisotopic (exact) mass is 322 g/mol. The molecule has 2 rings (SSSR count). The van der Waals surface area contributed by atoms with Crippen molar-refractivity contribution in [2.45, 2.75) is 25.4 Å². The maximum atomic E-state index is 13.7. The average Bonchev–Trinajstić information content (AvgIpc) is 2.34. The van der Waals surface area contributed by atoms with Gasteiger partial charge in [-0.25, -0.2) is 4.39 Å². The number of hydrogen-bond donors (Lipinski definition) is 1. The Labute approximate surface area is 121 Å². The van der Waals surface area contributed by atoms with E-state index in [0.717, 1.165) is 10.0 Å². The van der Waals surface area contributed by atoms with E-state index in [1.807, 2.05) is 30.3 Å². The first-order valence-electron chi connectivity index (χ1n) is 6.16. The van der Waals surface area contributed by atoms with Crippen LogP contribution in [0.25, 0.3) is 0 Å². The van der Waals surface area contributed by atoms with Gasteiger partial charge in [0.25, 0.3) is 0 Å². The van der Waals surface area contributed by atoms with E-state index < -0.39 is 5.60 Å². The lowest BCUT2D eigenvalue weighted by molar-refractivity contribution is 0.0599. The van der Waals surface area contributed by atoms with E-state index in [4.69, 9.17) is 0 Å². The Morgan fingerprint density at radius 3 is 2.47 bits per heavy atom. The minimum absolute atomic E-state index is 0.281. The minimum atomic E-state index is -0.969. The van der Waals surface area contributed by atoms with Gasteiger partial charge in [0.05, 0.1) is 5.60 Å². The van der Waals surface area contributed by atoms with Gasteiger partial charge in [0.2, 0.25) is 0 Å². The van der Waals surface area contributed by atoms with Crippen molar-refractivity contribution in [1.29, 1.82) is 0 Å². The fourth-order valence-electron chi connectivity index (χ4n) is 2.19. The molecule has 0 bridgehead atoms. The molecule has 1 N–H and O–H groups in total. The molecular formula is C16H16BrFO. The summed E-state index contributed by atoms with van der Waals surface area (Å²) in [5, 5.41) is 10.5. The lowest BCUT2D eigenvalue weighted by atomic mass is 9.90. The Morgan fingerprint density at radius 2 is 1.79 bits per heavy atom. The Kier molecular flexibility index (Phi) is 4.38. The SMILES string of the molecule is CC(O)(Cc1ccccc1)Cc1cc(Br)ccc1F. The van der Waals surface area contributed by atoms with Crippen LogP contribution in [0.5, 0.6) is 0 Å². The van der Waals surface area contributed by atoms with Gasteiger partial charge < -0.3 is 5.11 Å². The molecule has 0 aliphatic rings. The molecule has 0 saturated carbocycles. The van der Waals surface area contributed by atoms with Crippen LogP contribution in [-0.4, -0.2) is 10.7 Å². The summed E-state index contributed by atoms with van der Waals surface area (Å²) < 4.78 is 14.5. The summed E-state index contributed by atoms with van der Waals surface area (Å²) in [6, 6.07) is 14.5. The van der Waals surface area contributed by atoms with Gasteiger partial charge >= 0.3 is 0 Å². The number of rotatable bonds is 4. The van der Waals surface area contributed by atoms with Crippen LogP contribution in [0.2, 0.25) is 0 Å². The second-order valence-corrected chi connectivity index (χ2v) is 5.99. The number of benzene rings is 2. The third-order valence-electron chi connectivity index (χ3n) is 3.01. The zero-order chi connectivity index (χ0) is 13.9. The first-order chi connectivity index (χ1) is 8.96. The van der Waals surface area contributed by atoms with Crippen LogP contribution in [0.1, 0.15) is 18.1 Å². The quantitative estimate of drug-likeness (QED) is 0.897. The second kappa shape index (κ2) is 5.85. The summed E-state index contributed by atoms with van der Waals surface area (Å²) >= 11 is 3.32. The molecule has 0 saturated heterocycles. The van der Waals surface area contributed by atoms with E-state index in [9.17, 15) is 9.50 Å². The summed E-state index contributed by atoms with van der Waals surface area (Å²) in [6.45, 7) is 1.74. The molecule has 1 atom stereocenters. The summed E-state index contributed by atoms with van der Waals surface area (Å²) in [6.07, 6.45) is 0.785. The Morgan fingerprint density at radius 1 is 1.11 bits per heavy atom. The van der Waals surface area contributed by atoms with Crippen molar-refractivity contribution in [3.63, 3.8) is 0 Å². The summed E-state index contributed by atoms with van der Waals surface area (Å²) in [5.74, 6) is -0.281. The number of aliphatic hydroxyl groups is 1. The van der Waals surface area contributed by atoms with Gasteiger partial charge in [-0.15, -0.1) is 0 Å². The van der Waals surface area contributed by atoms with E-state index in [0.29, 0.717) is 12.0 Å². The van der Waals surface area contributed by atoms with Crippen LogP contribution < -0.4 is 0 Å². The molecule has 1 nitrogen and oxygen atoms in total. The zero-order valence-electron chi connectivity index (χ0n) is 10.7. The first kappa shape index (κ1) is 14.2. The Hall–Kier alpha value is -1.19. The zero-order valence-corrected chi connectivity index (χ0v) is 12.3. The van der Waals surface area contributed by atoms with Gasteiger partial charge in [-0.2, -0.15) is 0 Å². The minimum Gasteiger partial charge on any atom is -0.389 e. The van der Waals surface area contributed by atoms with Crippen LogP contribution >= 0.6 is 15.9 Å². The maximum Gasteiger partial charge on any atom is 0.126 e. The van der Waals surface area contributed by atoms with Gasteiger partial charge in [-0.05, 0) is 36.2 Å². The third kappa shape index (κ3) is 4.15. The summed E-state index contributed by atoms with van der Waals surface area (Å²) in [7, 11) is 0. The van der Waals surface area contributed by atoms with Crippen LogP contribution in [0.4, 0.5) is 4.39 Å². The molecule has 1 unspecified atom stereocenters. The number of hydrogen-bond acceptors (Lipinski definition) is 1. The molecule has 2 aromatic rings. The molecule has 0 aliphatic carbocycles. The largest absolute Gasteiger partial charge is 0.389 e. The average molecular weight is 323 g/mol. The van der Waals surface area contributed by atoms with Crippen molar-refractivity contribution in [3.05, 3.63) is 69.9 Å². The normalized spacial score (nSPS) is 14.1. The Bertz CT molecular complexity index is 552. The number of halogens is 2. The van der Waals surface area contributed by atoms with Crippen LogP contribution in [0, 0.1) is 5.82 Å². The van der Waals surface area contributed by atoms with Crippen molar-refractivity contribution in [3.8, 4) is 0 Å². The molecule has 0 radical (unpaired) electrons. The highest BCUT2D eigenvalue weighted by molar-refractivity contribution is 9.10. The van der Waals surface area contributed by atoms with Crippen molar-refractivity contribution >= 4 is 15.9 Å². The predicted molar refractivity (Wildman–Crippen MR) is 78.6 cm³/mol. The molecular weight excluding hydrogens is 307 g/mol. The van der Waals surface area contributed by atoms with Crippen LogP contribution in [0.15, 0.2) is 53.0 Å². The highest BCUT2D eigenvalue weighted by Gasteiger charge is 2.23. The van der Waals surface area contributed by atoms with Gasteiger partial charge in [0.15, 0.2) is 0 Å². The standard InChI is InChI=1S/C16H16BrFO/c1-16(19,10-12-5-3-2-4-6-12)11-13-9-14(17)7-8-15(13)18/h2-9,19H,10-11H2,1H3. The fourth-order valence-corrected chi connectivity index (χ4v) is 2.60. The molecule has 0 aromatic heterocycles. The van der Waals surface area contributed by atoms with Crippen LogP contribution in [-0.2, 0) is 12.8 Å². The summed E-state index contributed by atoms with van der Waals surface area (Å²) in [4.78, 5) is 0. The molecule has 3 heteroatoms. The van der Waals surface area contributed by atoms with E-state index in [-0.39, 0.29) is 12.2 Å². The van der Waals surface area contributed by atoms with Crippen molar-refractivity contribution < 1.29 is 9.50 Å². The fraction of sp³-hybridized carbons (Fsp3) is 0.250. The van der Waals surface area contributed by atoms with Gasteiger partial charge in [-0.1, -0.05) is 46.3 Å². The third-order valence-corrected chi connectivity index (χ3v) is 3.50. The topological polar surface area (TPSA) is 20.2 Å². The van der Waals surface area contributed by atoms with Crippen molar-refractivity contribution in [2.75, 3.05) is 0 Å². The maximum absolute atomic E-state index is 13.7. The second-order valence-electron chi connectivity index (χ2n) is 5.07. The van der Waals surface area contributed by atoms with Crippen molar-refractivity contribution in [1.82, 2.24) is 0 Å². The highest BCUT2D eigenvalue weighted by atomic mass is 79.9. The lowest BCUT2D eigenvalue weighted by Crippen LogP contribution is -2.30. The van der Waals surface area contributed by atoms with E-state index in [2.05, 4.69) is 15.9 Å². The summed E-state index contributed by atoms with van der Waals surface area (Å²) in [5.41, 5.74) is 0.599. The molecule has 0 fully saturated rings. The van der Waals surface area contributed by atoms with Gasteiger partial charge in [-0.3, -0.25) is 0 Å². The molecule has 0 heterocycles. The first-order valence-corrected chi connectivity index (χ1v) is 6.96. The van der Waals surface area contributed by atoms with E-state index >= 15 is 0 Å². The molecule has 0 spiro atoms. The smallest absolute Gasteiger partial charge is 0.126 e. The predicted octanol–water partition coefficient (Wildman–Crippen LogP) is 4.12. The molecule has 100 valence electrons. The molecule has 2 aromatic carbocycles. The van der Waals surface area contributed by atoms with Crippen LogP contribution in [0.3, 0.4) is 0 Å². The molecule has 0 aliphatic heterocycles. The lowest BCUT2D eigenvalue weighted by Gasteiger charge is -2.24. The Balaban J connectivity index is 2.14. The van der Waals surface area contributed by atoms with E-state index in [1.54, 1.807) is 19.1 Å². The molecule has 19 heavy (non-hydrogen) atoms. The molecule has 0 amide bonds. The van der Waals surface area contributed by atoms with Gasteiger partial charge in [0, 0.05) is 17.3 Å². The van der Waals surface area contributed by atoms with Gasteiger partial charge in [0.1, 0.15) is 5.82 Å². The van der Waals surface area contributed by atoms with Crippen molar-refractivity contribution in [2.24, 2.45) is 0 Å². The highest BCUT2D eigenvalue weighted by Crippen LogP contribution is 2.23. The van der Waals surface area contributed by atoms with E-state index in [1.165, 1.54) is 6.07 Å².